The summed E-state index contributed by atoms with van der Waals surface area (Å²) < 4.78 is 8.08. The lowest BCUT2D eigenvalue weighted by molar-refractivity contribution is 0.0924. The van der Waals surface area contributed by atoms with Crippen molar-refractivity contribution in [2.45, 2.75) is 20.3 Å². The Morgan fingerprint density at radius 3 is 1.73 bits per heavy atom. The minimum atomic E-state index is -0.657. The molecule has 0 amide bonds. The van der Waals surface area contributed by atoms with Crippen molar-refractivity contribution in [2.75, 3.05) is 34.4 Å². The van der Waals surface area contributed by atoms with Crippen LogP contribution in [0.1, 0.15) is 20.3 Å². The molecule has 0 saturated carbocycles. The largest absolute Gasteiger partial charge is 0.507 e. The van der Waals surface area contributed by atoms with E-state index >= 15 is 0 Å². The van der Waals surface area contributed by atoms with Crippen LogP contribution in [0.3, 0.4) is 0 Å². The molecule has 2 atom stereocenters. The number of carbonyl (C=O) groups is 1. The van der Waals surface area contributed by atoms with Crippen molar-refractivity contribution in [1.82, 2.24) is 4.90 Å². The van der Waals surface area contributed by atoms with Crippen molar-refractivity contribution in [1.29, 1.82) is 0 Å². The predicted octanol–water partition coefficient (Wildman–Crippen LogP) is 1.99. The molecule has 1 saturated heterocycles. The zero-order valence-electron chi connectivity index (χ0n) is 10.4. The summed E-state index contributed by atoms with van der Waals surface area (Å²) in [4.78, 5) is 12.2. The van der Waals surface area contributed by atoms with Gasteiger partial charge in [-0.15, -0.1) is 0 Å². The molecule has 0 spiro atoms. The predicted molar refractivity (Wildman–Crippen MR) is 59.9 cm³/mol. The van der Waals surface area contributed by atoms with Gasteiger partial charge in [-0.2, -0.15) is 0 Å². The van der Waals surface area contributed by atoms with E-state index in [1.54, 1.807) is 0 Å². The average molecular weight is 217 g/mol. The highest BCUT2D eigenvalue weighted by Gasteiger charge is 2.17. The smallest absolute Gasteiger partial charge is 0.438 e. The van der Waals surface area contributed by atoms with Gasteiger partial charge >= 0.3 is 6.16 Å². The van der Waals surface area contributed by atoms with Crippen LogP contribution in [0.5, 0.6) is 0 Å². The van der Waals surface area contributed by atoms with Crippen molar-refractivity contribution in [3.63, 3.8) is 0 Å². The number of carbonyl (C=O) groups excluding carboxylic acids is 1. The molecule has 2 unspecified atom stereocenters. The molecule has 0 N–H and O–H groups in total. The number of methoxy groups -OCH3 is 2. The summed E-state index contributed by atoms with van der Waals surface area (Å²) in [5, 5.41) is 0. The minimum Gasteiger partial charge on any atom is -0.438 e. The van der Waals surface area contributed by atoms with Crippen LogP contribution in [0.25, 0.3) is 0 Å². The summed E-state index contributed by atoms with van der Waals surface area (Å²) in [6.07, 6.45) is 0.764. The maximum Gasteiger partial charge on any atom is 0.507 e. The lowest BCUT2D eigenvalue weighted by Gasteiger charge is -2.31. The molecular formula is C11H23NO3. The van der Waals surface area contributed by atoms with Gasteiger partial charge in [-0.25, -0.2) is 4.79 Å². The Hall–Kier alpha value is -0.770. The first kappa shape index (κ1) is 14.2. The lowest BCUT2D eigenvalue weighted by atomic mass is 9.92. The highest BCUT2D eigenvalue weighted by Crippen LogP contribution is 2.18. The summed E-state index contributed by atoms with van der Waals surface area (Å²) in [5.41, 5.74) is 0. The van der Waals surface area contributed by atoms with Crippen LogP contribution < -0.4 is 0 Å². The molecule has 0 aromatic rings. The molecule has 0 aromatic heterocycles. The molecule has 1 fully saturated rings. The topological polar surface area (TPSA) is 38.8 Å². The average Bonchev–Trinajstić information content (AvgIpc) is 2.15. The van der Waals surface area contributed by atoms with Crippen LogP contribution in [-0.2, 0) is 9.47 Å². The van der Waals surface area contributed by atoms with E-state index < -0.39 is 6.16 Å². The number of likely N-dealkylation sites (tertiary alicyclic amines) is 1. The Bertz CT molecular complexity index is 154. The summed E-state index contributed by atoms with van der Waals surface area (Å²) in [6.45, 7) is 7.27. The Labute approximate surface area is 92.5 Å². The van der Waals surface area contributed by atoms with Crippen LogP contribution >= 0.6 is 0 Å². The zero-order valence-corrected chi connectivity index (χ0v) is 10.4. The lowest BCUT2D eigenvalue weighted by Crippen LogP contribution is -2.35. The molecule has 15 heavy (non-hydrogen) atoms. The van der Waals surface area contributed by atoms with Gasteiger partial charge in [0.2, 0.25) is 0 Å². The van der Waals surface area contributed by atoms with E-state index in [1.807, 2.05) is 0 Å². The van der Waals surface area contributed by atoms with E-state index in [4.69, 9.17) is 0 Å². The minimum absolute atomic E-state index is 0.657. The number of ether oxygens (including phenoxy) is 2. The van der Waals surface area contributed by atoms with Crippen LogP contribution in [0.15, 0.2) is 0 Å². The van der Waals surface area contributed by atoms with E-state index in [0.29, 0.717) is 0 Å². The van der Waals surface area contributed by atoms with Crippen molar-refractivity contribution >= 4 is 6.16 Å². The van der Waals surface area contributed by atoms with Crippen molar-refractivity contribution in [3.05, 3.63) is 0 Å². The fraction of sp³-hybridized carbons (Fsp3) is 0.909. The first-order chi connectivity index (χ1) is 6.99. The maximum atomic E-state index is 9.74. The monoisotopic (exact) mass is 217 g/mol. The van der Waals surface area contributed by atoms with Crippen LogP contribution in [0.2, 0.25) is 0 Å². The highest BCUT2D eigenvalue weighted by molar-refractivity contribution is 5.59. The van der Waals surface area contributed by atoms with E-state index in [-0.39, 0.29) is 0 Å². The van der Waals surface area contributed by atoms with E-state index in [0.717, 1.165) is 11.8 Å². The SMILES string of the molecule is CC1CC(C)CN(C)C1.COC(=O)OC. The second-order valence-corrected chi connectivity index (χ2v) is 4.33. The molecule has 0 aromatic carbocycles. The third kappa shape index (κ3) is 7.19. The van der Waals surface area contributed by atoms with Gasteiger partial charge in [0, 0.05) is 13.1 Å². The quantitative estimate of drug-likeness (QED) is 0.582. The van der Waals surface area contributed by atoms with Gasteiger partial charge in [0.15, 0.2) is 0 Å². The second kappa shape index (κ2) is 7.51. The van der Waals surface area contributed by atoms with E-state index in [2.05, 4.69) is 35.3 Å². The number of hydrogen-bond acceptors (Lipinski definition) is 4. The fourth-order valence-electron chi connectivity index (χ4n) is 2.06. The molecule has 0 bridgehead atoms. The molecule has 90 valence electrons. The highest BCUT2D eigenvalue weighted by atomic mass is 16.7. The fourth-order valence-corrected chi connectivity index (χ4v) is 2.06. The first-order valence-electron chi connectivity index (χ1n) is 5.30. The van der Waals surface area contributed by atoms with E-state index in [1.165, 1.54) is 33.7 Å². The van der Waals surface area contributed by atoms with Gasteiger partial charge < -0.3 is 14.4 Å². The summed E-state index contributed by atoms with van der Waals surface area (Å²) in [7, 11) is 4.73. The molecule has 1 rings (SSSR count). The zero-order chi connectivity index (χ0) is 11.8. The van der Waals surface area contributed by atoms with Crippen molar-refractivity contribution < 1.29 is 14.3 Å². The van der Waals surface area contributed by atoms with Crippen LogP contribution in [-0.4, -0.2) is 45.4 Å². The molecule has 0 radical (unpaired) electrons. The normalized spacial score (nSPS) is 26.2. The van der Waals surface area contributed by atoms with Gasteiger partial charge in [0.1, 0.15) is 0 Å². The third-order valence-electron chi connectivity index (χ3n) is 2.38. The Balaban J connectivity index is 0.000000288. The van der Waals surface area contributed by atoms with Crippen molar-refractivity contribution in [2.24, 2.45) is 11.8 Å². The van der Waals surface area contributed by atoms with Gasteiger partial charge in [-0.05, 0) is 25.3 Å². The summed E-state index contributed by atoms with van der Waals surface area (Å²) in [5.74, 6) is 1.83. The van der Waals surface area contributed by atoms with Gasteiger partial charge in [-0.1, -0.05) is 13.8 Å². The molecular weight excluding hydrogens is 194 g/mol. The molecule has 1 aliphatic rings. The Morgan fingerprint density at radius 2 is 1.53 bits per heavy atom. The second-order valence-electron chi connectivity index (χ2n) is 4.33. The van der Waals surface area contributed by atoms with Crippen LogP contribution in [0, 0.1) is 11.8 Å². The number of piperidine rings is 1. The number of nitrogens with zero attached hydrogens (tertiary/aromatic N) is 1. The van der Waals surface area contributed by atoms with Gasteiger partial charge in [-0.3, -0.25) is 0 Å². The standard InChI is InChI=1S/C8H17N.C3H6O3/c1-7-4-8(2)6-9(3)5-7;1-5-3(4)6-2/h7-8H,4-6H2,1-3H3;1-2H3. The molecule has 1 aliphatic heterocycles. The Kier molecular flexibility index (Phi) is 7.13. The number of hydrogen-bond donors (Lipinski definition) is 0. The van der Waals surface area contributed by atoms with Crippen LogP contribution in [0.4, 0.5) is 4.79 Å². The molecule has 4 nitrogen and oxygen atoms in total. The van der Waals surface area contributed by atoms with Gasteiger partial charge in [0.25, 0.3) is 0 Å². The maximum absolute atomic E-state index is 9.74. The van der Waals surface area contributed by atoms with Crippen molar-refractivity contribution in [3.8, 4) is 0 Å². The first-order valence-corrected chi connectivity index (χ1v) is 5.30. The third-order valence-corrected chi connectivity index (χ3v) is 2.38. The number of rotatable bonds is 0. The van der Waals surface area contributed by atoms with Gasteiger partial charge in [0.05, 0.1) is 14.2 Å². The summed E-state index contributed by atoms with van der Waals surface area (Å²) >= 11 is 0. The molecule has 1 heterocycles. The summed E-state index contributed by atoms with van der Waals surface area (Å²) in [6, 6.07) is 0. The Morgan fingerprint density at radius 1 is 1.13 bits per heavy atom. The molecule has 4 heteroatoms. The van der Waals surface area contributed by atoms with E-state index in [9.17, 15) is 4.79 Å². The molecule has 0 aliphatic carbocycles.